The van der Waals surface area contributed by atoms with Gasteiger partial charge in [-0.1, -0.05) is 76.2 Å². The molecule has 2 aromatic rings. The summed E-state index contributed by atoms with van der Waals surface area (Å²) in [6, 6.07) is 17.4. The molecule has 0 unspecified atom stereocenters. The van der Waals surface area contributed by atoms with Crippen LogP contribution in [0.15, 0.2) is 94.2 Å². The first-order valence-electron chi connectivity index (χ1n) is 10.5. The number of hydrogen-bond acceptors (Lipinski definition) is 2. The van der Waals surface area contributed by atoms with Gasteiger partial charge >= 0.3 is 0 Å². The van der Waals surface area contributed by atoms with Crippen molar-refractivity contribution in [3.63, 3.8) is 0 Å². The van der Waals surface area contributed by atoms with Gasteiger partial charge in [-0.05, 0) is 58.7 Å². The van der Waals surface area contributed by atoms with E-state index in [-0.39, 0.29) is 10.8 Å². The molecular formula is C28H26N2. The Hall–Kier alpha value is -3.26. The van der Waals surface area contributed by atoms with Crippen LogP contribution in [0.25, 0.3) is 12.2 Å². The van der Waals surface area contributed by atoms with Gasteiger partial charge in [0.25, 0.3) is 0 Å². The maximum Gasteiger partial charge on any atom is 0.0639 e. The minimum atomic E-state index is -0.179. The van der Waals surface area contributed by atoms with Crippen LogP contribution >= 0.6 is 0 Å². The van der Waals surface area contributed by atoms with E-state index in [9.17, 15) is 0 Å². The lowest BCUT2D eigenvalue weighted by Gasteiger charge is -2.25. The molecule has 148 valence electrons. The third kappa shape index (κ3) is 3.13. The zero-order valence-corrected chi connectivity index (χ0v) is 18.0. The molecular weight excluding hydrogens is 364 g/mol. The minimum Gasteiger partial charge on any atom is -0.253 e. The molecule has 0 radical (unpaired) electrons. The number of rotatable bonds is 0. The molecule has 3 heterocycles. The Morgan fingerprint density at radius 1 is 0.567 bits per heavy atom. The van der Waals surface area contributed by atoms with Gasteiger partial charge in [-0.25, -0.2) is 0 Å². The van der Waals surface area contributed by atoms with Crippen LogP contribution in [0.1, 0.15) is 49.9 Å². The maximum atomic E-state index is 4.97. The standard InChI is InChI=1S/C28H26N2/c1-27(2)21-9-5-7-19(15-21)17-24-12-14-26(30-24)28(3,4)22-10-6-8-20(16-22)18-23-11-13-25(27)29-23/h5-18H,1-4H3/b23-18-,24-17-. The van der Waals surface area contributed by atoms with E-state index in [1.807, 2.05) is 0 Å². The van der Waals surface area contributed by atoms with Gasteiger partial charge in [-0.15, -0.1) is 0 Å². The SMILES string of the molecule is CC1(C)C2=N/C(=C\c3cccc(c3)C(C)(C)C3=N/C(=C\c4cccc1c4)C=C3)C=C2. The first kappa shape index (κ1) is 18.7. The van der Waals surface area contributed by atoms with Crippen LogP contribution in [0.5, 0.6) is 0 Å². The molecule has 0 aromatic heterocycles. The quantitative estimate of drug-likeness (QED) is 0.480. The molecule has 0 amide bonds. The van der Waals surface area contributed by atoms with E-state index < -0.39 is 0 Å². The summed E-state index contributed by atoms with van der Waals surface area (Å²) in [5.74, 6) is 0. The molecule has 0 aliphatic carbocycles. The van der Waals surface area contributed by atoms with E-state index in [1.54, 1.807) is 0 Å². The lowest BCUT2D eigenvalue weighted by Crippen LogP contribution is -2.27. The van der Waals surface area contributed by atoms with Crippen molar-refractivity contribution in [3.8, 4) is 0 Å². The first-order chi connectivity index (χ1) is 14.3. The zero-order chi connectivity index (χ0) is 20.9. The van der Waals surface area contributed by atoms with E-state index in [0.717, 1.165) is 33.9 Å². The van der Waals surface area contributed by atoms with Crippen LogP contribution in [-0.2, 0) is 10.8 Å². The van der Waals surface area contributed by atoms with Crippen molar-refractivity contribution in [3.05, 3.63) is 106 Å². The Bertz CT molecular complexity index is 1130. The van der Waals surface area contributed by atoms with Crippen molar-refractivity contribution < 1.29 is 0 Å². The molecule has 3 aliphatic rings. The second kappa shape index (κ2) is 6.63. The van der Waals surface area contributed by atoms with Crippen LogP contribution in [-0.4, -0.2) is 11.4 Å². The topological polar surface area (TPSA) is 24.7 Å². The third-order valence-corrected chi connectivity index (χ3v) is 6.45. The van der Waals surface area contributed by atoms with E-state index in [1.165, 1.54) is 11.1 Å². The van der Waals surface area contributed by atoms with Gasteiger partial charge < -0.3 is 0 Å². The summed E-state index contributed by atoms with van der Waals surface area (Å²) in [6.07, 6.45) is 12.9. The number of aliphatic imine (C=N–C) groups is 2. The fraction of sp³-hybridized carbons (Fsp3) is 0.214. The predicted molar refractivity (Wildman–Crippen MR) is 128 cm³/mol. The molecule has 0 saturated heterocycles. The van der Waals surface area contributed by atoms with Gasteiger partial charge in [0.2, 0.25) is 0 Å². The Balaban J connectivity index is 1.74. The molecule has 0 fully saturated rings. The summed E-state index contributed by atoms with van der Waals surface area (Å²) < 4.78 is 0. The number of benzene rings is 2. The van der Waals surface area contributed by atoms with Gasteiger partial charge in [0.15, 0.2) is 0 Å². The first-order valence-corrected chi connectivity index (χ1v) is 10.5. The summed E-state index contributed by atoms with van der Waals surface area (Å²) in [4.78, 5) is 9.94. The Morgan fingerprint density at radius 3 is 1.43 bits per heavy atom. The Kier molecular flexibility index (Phi) is 4.14. The summed E-state index contributed by atoms with van der Waals surface area (Å²) in [6.45, 7) is 8.96. The largest absolute Gasteiger partial charge is 0.253 e. The van der Waals surface area contributed by atoms with Crippen molar-refractivity contribution in [2.45, 2.75) is 38.5 Å². The third-order valence-electron chi connectivity index (χ3n) is 6.45. The molecule has 0 atom stereocenters. The minimum absolute atomic E-state index is 0.179. The second-order valence-electron chi connectivity index (χ2n) is 9.30. The molecule has 0 saturated carbocycles. The molecule has 2 aromatic carbocycles. The van der Waals surface area contributed by atoms with Crippen molar-refractivity contribution in [1.29, 1.82) is 0 Å². The van der Waals surface area contributed by atoms with Crippen LogP contribution in [0.3, 0.4) is 0 Å². The lowest BCUT2D eigenvalue weighted by molar-refractivity contribution is 0.721. The van der Waals surface area contributed by atoms with Crippen molar-refractivity contribution >= 4 is 23.6 Å². The van der Waals surface area contributed by atoms with Crippen molar-refractivity contribution in [2.24, 2.45) is 9.98 Å². The normalized spacial score (nSPS) is 23.9. The molecule has 3 aliphatic heterocycles. The average Bonchev–Trinajstić information content (AvgIpc) is 3.38. The highest BCUT2D eigenvalue weighted by Crippen LogP contribution is 2.34. The zero-order valence-electron chi connectivity index (χ0n) is 18.0. The second-order valence-corrected chi connectivity index (χ2v) is 9.30. The fourth-order valence-electron chi connectivity index (χ4n) is 4.28. The maximum absolute atomic E-state index is 4.97. The van der Waals surface area contributed by atoms with Crippen LogP contribution < -0.4 is 0 Å². The number of allylic oxidation sites excluding steroid dienone is 4. The molecule has 2 nitrogen and oxygen atoms in total. The molecule has 0 spiro atoms. The molecule has 5 rings (SSSR count). The van der Waals surface area contributed by atoms with Gasteiger partial charge in [0.05, 0.1) is 22.8 Å². The predicted octanol–water partition coefficient (Wildman–Crippen LogP) is 6.66. The Morgan fingerprint density at radius 2 is 1.00 bits per heavy atom. The highest BCUT2D eigenvalue weighted by Gasteiger charge is 2.30. The highest BCUT2D eigenvalue weighted by atomic mass is 14.8. The van der Waals surface area contributed by atoms with Crippen LogP contribution in [0.4, 0.5) is 0 Å². The fourth-order valence-corrected chi connectivity index (χ4v) is 4.28. The summed E-state index contributed by atoms with van der Waals surface area (Å²) >= 11 is 0. The Labute approximate surface area is 178 Å². The number of fused-ring (bicyclic) bond motifs is 6. The van der Waals surface area contributed by atoms with E-state index in [4.69, 9.17) is 9.98 Å². The van der Waals surface area contributed by atoms with Gasteiger partial charge in [0, 0.05) is 10.8 Å². The molecule has 0 N–H and O–H groups in total. The highest BCUT2D eigenvalue weighted by molar-refractivity contribution is 6.07. The number of hydrogen-bond donors (Lipinski definition) is 0. The van der Waals surface area contributed by atoms with E-state index in [2.05, 4.69) is 113 Å². The number of nitrogens with zero attached hydrogens (tertiary/aromatic N) is 2. The molecule has 2 heteroatoms. The van der Waals surface area contributed by atoms with Gasteiger partial charge in [-0.3, -0.25) is 9.98 Å². The summed E-state index contributed by atoms with van der Waals surface area (Å²) in [5.41, 5.74) is 8.64. The van der Waals surface area contributed by atoms with E-state index in [0.29, 0.717) is 0 Å². The summed E-state index contributed by atoms with van der Waals surface area (Å²) in [5, 5.41) is 0. The van der Waals surface area contributed by atoms with Gasteiger partial charge in [0.1, 0.15) is 0 Å². The van der Waals surface area contributed by atoms with Crippen LogP contribution in [0, 0.1) is 0 Å². The van der Waals surface area contributed by atoms with Crippen LogP contribution in [0.2, 0.25) is 0 Å². The molecule has 8 bridgehead atoms. The van der Waals surface area contributed by atoms with Crippen molar-refractivity contribution in [2.75, 3.05) is 0 Å². The average molecular weight is 391 g/mol. The smallest absolute Gasteiger partial charge is 0.0639 e. The molecule has 30 heavy (non-hydrogen) atoms. The monoisotopic (exact) mass is 390 g/mol. The summed E-state index contributed by atoms with van der Waals surface area (Å²) in [7, 11) is 0. The van der Waals surface area contributed by atoms with E-state index >= 15 is 0 Å². The van der Waals surface area contributed by atoms with Crippen molar-refractivity contribution in [1.82, 2.24) is 0 Å². The van der Waals surface area contributed by atoms with Gasteiger partial charge in [-0.2, -0.15) is 0 Å². The lowest BCUT2D eigenvalue weighted by atomic mass is 9.79.